The number of thioether (sulfide) groups is 1. The molecule has 0 saturated heterocycles. The van der Waals surface area contributed by atoms with Gasteiger partial charge in [0.05, 0.1) is 0 Å². The summed E-state index contributed by atoms with van der Waals surface area (Å²) in [6.45, 7) is 0. The van der Waals surface area contributed by atoms with E-state index in [2.05, 4.69) is 0 Å². The van der Waals surface area contributed by atoms with Crippen molar-refractivity contribution in [2.24, 2.45) is 0 Å². The van der Waals surface area contributed by atoms with E-state index in [1.165, 1.54) is 11.3 Å². The van der Waals surface area contributed by atoms with Crippen molar-refractivity contribution in [1.29, 1.82) is 0 Å². The van der Waals surface area contributed by atoms with Gasteiger partial charge in [0.15, 0.2) is 0 Å². The van der Waals surface area contributed by atoms with Crippen LogP contribution < -0.4 is 0 Å². The molecule has 0 aliphatic carbocycles. The van der Waals surface area contributed by atoms with Crippen molar-refractivity contribution in [2.45, 2.75) is 17.6 Å². The minimum Gasteiger partial charge on any atom is -0.481 e. The molecule has 0 bridgehead atoms. The van der Waals surface area contributed by atoms with Gasteiger partial charge in [-0.05, 0) is 23.3 Å². The standard InChI is InChI=1S/C10H10O2S2/c11-10(12)9(7-3-1-5-13-7)8-4-2-6-14-8/h1-3,5-6,8-9H,4H2,(H,11,12). The second-order valence-electron chi connectivity index (χ2n) is 3.11. The van der Waals surface area contributed by atoms with Crippen LogP contribution in [0.2, 0.25) is 0 Å². The first-order valence-electron chi connectivity index (χ1n) is 4.35. The zero-order valence-electron chi connectivity index (χ0n) is 7.42. The maximum absolute atomic E-state index is 11.2. The molecule has 0 amide bonds. The SMILES string of the molecule is O=C(O)C(c1cccs1)C1CC=CS1. The third-order valence-electron chi connectivity index (χ3n) is 2.21. The predicted molar refractivity (Wildman–Crippen MR) is 59.8 cm³/mol. The molecule has 4 heteroatoms. The largest absolute Gasteiger partial charge is 0.481 e. The van der Waals surface area contributed by atoms with Crippen LogP contribution in [0.4, 0.5) is 0 Å². The van der Waals surface area contributed by atoms with Gasteiger partial charge in [-0.1, -0.05) is 12.1 Å². The predicted octanol–water partition coefficient (Wildman–Crippen LogP) is 2.94. The number of hydrogen-bond donors (Lipinski definition) is 1. The van der Waals surface area contributed by atoms with E-state index in [0.29, 0.717) is 0 Å². The molecule has 2 rings (SSSR count). The fraction of sp³-hybridized carbons (Fsp3) is 0.300. The van der Waals surface area contributed by atoms with Crippen LogP contribution in [0.1, 0.15) is 17.2 Å². The molecule has 0 fully saturated rings. The van der Waals surface area contributed by atoms with Crippen LogP contribution in [0, 0.1) is 0 Å². The van der Waals surface area contributed by atoms with Gasteiger partial charge in [-0.2, -0.15) is 0 Å². The number of rotatable bonds is 3. The number of aliphatic carboxylic acids is 1. The normalized spacial score (nSPS) is 22.4. The zero-order chi connectivity index (χ0) is 9.97. The summed E-state index contributed by atoms with van der Waals surface area (Å²) in [7, 11) is 0. The number of hydrogen-bond acceptors (Lipinski definition) is 3. The van der Waals surface area contributed by atoms with E-state index in [9.17, 15) is 9.90 Å². The molecule has 2 heterocycles. The first-order valence-corrected chi connectivity index (χ1v) is 6.18. The van der Waals surface area contributed by atoms with Crippen molar-refractivity contribution in [3.8, 4) is 0 Å². The molecule has 14 heavy (non-hydrogen) atoms. The van der Waals surface area contributed by atoms with E-state index in [4.69, 9.17) is 0 Å². The molecular formula is C10H10O2S2. The Kier molecular flexibility index (Phi) is 2.93. The van der Waals surface area contributed by atoms with Crippen molar-refractivity contribution < 1.29 is 9.90 Å². The minimum absolute atomic E-state index is 0.172. The Labute approximate surface area is 90.6 Å². The molecule has 0 aromatic carbocycles. The van der Waals surface area contributed by atoms with Crippen LogP contribution >= 0.6 is 23.1 Å². The van der Waals surface area contributed by atoms with E-state index in [1.54, 1.807) is 11.8 Å². The average Bonchev–Trinajstić information content (AvgIpc) is 2.75. The van der Waals surface area contributed by atoms with Crippen LogP contribution in [0.25, 0.3) is 0 Å². The molecule has 1 aliphatic heterocycles. The smallest absolute Gasteiger partial charge is 0.312 e. The van der Waals surface area contributed by atoms with Crippen LogP contribution in [-0.4, -0.2) is 16.3 Å². The van der Waals surface area contributed by atoms with Crippen LogP contribution in [0.5, 0.6) is 0 Å². The summed E-state index contributed by atoms with van der Waals surface area (Å²) in [6, 6.07) is 3.81. The van der Waals surface area contributed by atoms with Crippen LogP contribution in [-0.2, 0) is 4.79 Å². The molecule has 1 N–H and O–H groups in total. The second-order valence-corrected chi connectivity index (χ2v) is 5.24. The molecule has 2 atom stereocenters. The van der Waals surface area contributed by atoms with E-state index in [0.717, 1.165) is 11.3 Å². The zero-order valence-corrected chi connectivity index (χ0v) is 9.05. The number of carbonyl (C=O) groups is 1. The number of carboxylic acids is 1. The van der Waals surface area contributed by atoms with Gasteiger partial charge in [-0.25, -0.2) is 0 Å². The fourth-order valence-corrected chi connectivity index (χ4v) is 3.58. The van der Waals surface area contributed by atoms with E-state index >= 15 is 0 Å². The van der Waals surface area contributed by atoms with Gasteiger partial charge in [0.2, 0.25) is 0 Å². The Morgan fingerprint density at radius 2 is 2.50 bits per heavy atom. The molecule has 74 valence electrons. The Morgan fingerprint density at radius 1 is 1.64 bits per heavy atom. The van der Waals surface area contributed by atoms with Crippen molar-refractivity contribution in [2.75, 3.05) is 0 Å². The summed E-state index contributed by atoms with van der Waals surface area (Å²) < 4.78 is 0. The molecule has 0 spiro atoms. The van der Waals surface area contributed by atoms with Crippen molar-refractivity contribution in [3.63, 3.8) is 0 Å². The highest BCUT2D eigenvalue weighted by Gasteiger charge is 2.31. The Hall–Kier alpha value is -0.740. The maximum Gasteiger partial charge on any atom is 0.312 e. The van der Waals surface area contributed by atoms with Gasteiger partial charge < -0.3 is 5.11 Å². The molecule has 1 aliphatic rings. The highest BCUT2D eigenvalue weighted by Crippen LogP contribution is 2.37. The highest BCUT2D eigenvalue weighted by atomic mass is 32.2. The lowest BCUT2D eigenvalue weighted by Gasteiger charge is -2.16. The van der Waals surface area contributed by atoms with Gasteiger partial charge in [-0.15, -0.1) is 23.1 Å². The molecule has 2 nitrogen and oxygen atoms in total. The quantitative estimate of drug-likeness (QED) is 0.861. The van der Waals surface area contributed by atoms with E-state index in [-0.39, 0.29) is 11.2 Å². The molecule has 0 saturated carbocycles. The summed E-state index contributed by atoms with van der Waals surface area (Å²) in [4.78, 5) is 12.1. The minimum atomic E-state index is -0.714. The molecule has 1 aromatic heterocycles. The average molecular weight is 226 g/mol. The number of carboxylic acid groups (broad SMARTS) is 1. The Morgan fingerprint density at radius 3 is 3.00 bits per heavy atom. The van der Waals surface area contributed by atoms with Crippen molar-refractivity contribution >= 4 is 29.1 Å². The number of allylic oxidation sites excluding steroid dienone is 1. The lowest BCUT2D eigenvalue weighted by molar-refractivity contribution is -0.138. The van der Waals surface area contributed by atoms with E-state index in [1.807, 2.05) is 29.0 Å². The lowest BCUT2D eigenvalue weighted by Crippen LogP contribution is -2.20. The van der Waals surface area contributed by atoms with Crippen LogP contribution in [0.15, 0.2) is 29.0 Å². The fourth-order valence-electron chi connectivity index (χ4n) is 1.55. The first-order chi connectivity index (χ1) is 6.79. The van der Waals surface area contributed by atoms with Crippen molar-refractivity contribution in [3.05, 3.63) is 33.9 Å². The monoisotopic (exact) mass is 226 g/mol. The van der Waals surface area contributed by atoms with Crippen LogP contribution in [0.3, 0.4) is 0 Å². The summed E-state index contributed by atoms with van der Waals surface area (Å²) in [6.07, 6.45) is 2.90. The molecule has 2 unspecified atom stereocenters. The summed E-state index contributed by atoms with van der Waals surface area (Å²) in [5, 5.41) is 13.3. The molecular weight excluding hydrogens is 216 g/mol. The summed E-state index contributed by atoms with van der Waals surface area (Å²) in [5.41, 5.74) is 0. The lowest BCUT2D eigenvalue weighted by atomic mass is 10.0. The van der Waals surface area contributed by atoms with Crippen molar-refractivity contribution in [1.82, 2.24) is 0 Å². The topological polar surface area (TPSA) is 37.3 Å². The number of thiophene rings is 1. The molecule has 0 radical (unpaired) electrons. The third-order valence-corrected chi connectivity index (χ3v) is 4.32. The van der Waals surface area contributed by atoms with Gasteiger partial charge in [-0.3, -0.25) is 4.79 Å². The van der Waals surface area contributed by atoms with Gasteiger partial charge in [0, 0.05) is 10.1 Å². The third kappa shape index (κ3) is 1.86. The van der Waals surface area contributed by atoms with Gasteiger partial charge in [0.1, 0.15) is 5.92 Å². The molecule has 1 aromatic rings. The Balaban J connectivity index is 2.20. The first kappa shape index (κ1) is 9.80. The maximum atomic E-state index is 11.2. The van der Waals surface area contributed by atoms with Gasteiger partial charge in [0.25, 0.3) is 0 Å². The van der Waals surface area contributed by atoms with E-state index < -0.39 is 5.97 Å². The highest BCUT2D eigenvalue weighted by molar-refractivity contribution is 8.03. The Bertz CT molecular complexity index is 335. The van der Waals surface area contributed by atoms with Gasteiger partial charge >= 0.3 is 5.97 Å². The summed E-state index contributed by atoms with van der Waals surface area (Å²) >= 11 is 3.15. The summed E-state index contributed by atoms with van der Waals surface area (Å²) in [5.74, 6) is -1.07. The second kappa shape index (κ2) is 4.19.